The molecule has 2 atom stereocenters. The van der Waals surface area contributed by atoms with Crippen LogP contribution in [0.4, 0.5) is 0 Å². The van der Waals surface area contributed by atoms with Gasteiger partial charge in [0.2, 0.25) is 0 Å². The van der Waals surface area contributed by atoms with Crippen LogP contribution in [0.1, 0.15) is 50.2 Å². The van der Waals surface area contributed by atoms with Crippen LogP contribution in [0.15, 0.2) is 0 Å². The Hall–Kier alpha value is -0.980. The predicted octanol–water partition coefficient (Wildman–Crippen LogP) is 1.39. The first kappa shape index (κ1) is 16.9. The summed E-state index contributed by atoms with van der Waals surface area (Å²) < 4.78 is 0. The van der Waals surface area contributed by atoms with Crippen LogP contribution in [0.25, 0.3) is 0 Å². The maximum absolute atomic E-state index is 10.5. The monoisotopic (exact) mass is 321 g/mol. The van der Waals surface area contributed by atoms with Crippen LogP contribution < -0.4 is 0 Å². The van der Waals surface area contributed by atoms with Gasteiger partial charge in [0.25, 0.3) is 0 Å². The van der Waals surface area contributed by atoms with Gasteiger partial charge in [0.15, 0.2) is 5.82 Å². The van der Waals surface area contributed by atoms with Crippen molar-refractivity contribution in [1.29, 1.82) is 0 Å². The minimum Gasteiger partial charge on any atom is -0.390 e. The van der Waals surface area contributed by atoms with Gasteiger partial charge in [0, 0.05) is 25.6 Å². The second-order valence-corrected chi connectivity index (χ2v) is 7.51. The molecule has 3 rings (SSSR count). The average Bonchev–Trinajstić information content (AvgIpc) is 2.96. The normalized spacial score (nSPS) is 26.5. The Kier molecular flexibility index (Phi) is 5.67. The lowest BCUT2D eigenvalue weighted by Crippen LogP contribution is -2.45. The van der Waals surface area contributed by atoms with Crippen molar-refractivity contribution in [2.75, 3.05) is 39.3 Å². The van der Waals surface area contributed by atoms with E-state index in [-0.39, 0.29) is 6.10 Å². The number of nitrogens with one attached hydrogen (secondary N) is 1. The third-order valence-corrected chi connectivity index (χ3v) is 5.30. The molecule has 2 aliphatic heterocycles. The first-order chi connectivity index (χ1) is 11.1. The molecule has 0 bridgehead atoms. The molecule has 3 heterocycles. The second-order valence-electron chi connectivity index (χ2n) is 7.51. The molecule has 2 unspecified atom stereocenters. The number of nitrogens with zero attached hydrogens (tertiary/aromatic N) is 4. The Morgan fingerprint density at radius 1 is 1.17 bits per heavy atom. The Balaban J connectivity index is 1.45. The van der Waals surface area contributed by atoms with Gasteiger partial charge in [-0.25, -0.2) is 4.98 Å². The molecule has 1 aromatic heterocycles. The van der Waals surface area contributed by atoms with E-state index in [1.807, 2.05) is 6.92 Å². The average molecular weight is 321 g/mol. The summed E-state index contributed by atoms with van der Waals surface area (Å²) in [7, 11) is 0. The zero-order valence-corrected chi connectivity index (χ0v) is 14.5. The summed E-state index contributed by atoms with van der Waals surface area (Å²) in [6, 6.07) is 0. The number of hydrogen-bond acceptors (Lipinski definition) is 5. The van der Waals surface area contributed by atoms with Crippen LogP contribution in [0, 0.1) is 12.8 Å². The van der Waals surface area contributed by atoms with E-state index in [4.69, 9.17) is 0 Å². The number of aliphatic hydroxyl groups excluding tert-OH is 1. The largest absolute Gasteiger partial charge is 0.390 e. The topological polar surface area (TPSA) is 68.3 Å². The van der Waals surface area contributed by atoms with Crippen molar-refractivity contribution >= 4 is 0 Å². The zero-order chi connectivity index (χ0) is 16.2. The molecule has 0 radical (unpaired) electrons. The lowest BCUT2D eigenvalue weighted by atomic mass is 9.97. The highest BCUT2D eigenvalue weighted by Crippen LogP contribution is 2.24. The highest BCUT2D eigenvalue weighted by atomic mass is 16.3. The number of aromatic nitrogens is 3. The summed E-state index contributed by atoms with van der Waals surface area (Å²) in [6.45, 7) is 10.2. The molecule has 2 fully saturated rings. The number of hydrogen-bond donors (Lipinski definition) is 2. The third-order valence-electron chi connectivity index (χ3n) is 5.30. The minimum absolute atomic E-state index is 0.254. The van der Waals surface area contributed by atoms with Crippen LogP contribution in [-0.2, 0) is 0 Å². The summed E-state index contributed by atoms with van der Waals surface area (Å²) in [4.78, 5) is 9.29. The number of aliphatic hydroxyl groups is 1. The van der Waals surface area contributed by atoms with Gasteiger partial charge in [-0.15, -0.1) is 0 Å². The van der Waals surface area contributed by atoms with Gasteiger partial charge in [0.05, 0.1) is 6.10 Å². The standard InChI is InChI=1S/C17H31N5O/c1-13-5-8-21(9-6-13)11-16(23)12-22-7-3-4-15(10-22)17-18-14(2)19-20-17/h13,15-16,23H,3-12H2,1-2H3,(H,18,19,20). The molecule has 0 amide bonds. The number of aryl methyl sites for hydroxylation is 1. The van der Waals surface area contributed by atoms with Crippen molar-refractivity contribution < 1.29 is 5.11 Å². The number of H-pyrrole nitrogens is 1. The molecule has 2 aliphatic rings. The van der Waals surface area contributed by atoms with Crippen LogP contribution in [0.2, 0.25) is 0 Å². The lowest BCUT2D eigenvalue weighted by Gasteiger charge is -2.35. The summed E-state index contributed by atoms with van der Waals surface area (Å²) >= 11 is 0. The predicted molar refractivity (Wildman–Crippen MR) is 90.4 cm³/mol. The number of β-amino-alcohol motifs (C(OH)–C–C–N with tert-alkyl or cyclic N) is 1. The molecule has 6 nitrogen and oxygen atoms in total. The fourth-order valence-corrected chi connectivity index (χ4v) is 3.87. The van der Waals surface area contributed by atoms with Gasteiger partial charge in [-0.2, -0.15) is 5.10 Å². The van der Waals surface area contributed by atoms with E-state index in [0.29, 0.717) is 5.92 Å². The highest BCUT2D eigenvalue weighted by molar-refractivity contribution is 5.00. The van der Waals surface area contributed by atoms with Gasteiger partial charge < -0.3 is 10.0 Å². The molecule has 2 saturated heterocycles. The van der Waals surface area contributed by atoms with Crippen molar-refractivity contribution in [3.8, 4) is 0 Å². The lowest BCUT2D eigenvalue weighted by molar-refractivity contribution is 0.0527. The van der Waals surface area contributed by atoms with Crippen LogP contribution >= 0.6 is 0 Å². The quantitative estimate of drug-likeness (QED) is 0.858. The maximum atomic E-state index is 10.5. The molecule has 2 N–H and O–H groups in total. The summed E-state index contributed by atoms with van der Waals surface area (Å²) in [6.07, 6.45) is 4.59. The van der Waals surface area contributed by atoms with E-state index in [0.717, 1.165) is 69.7 Å². The molecule has 1 aromatic rings. The van der Waals surface area contributed by atoms with Crippen molar-refractivity contribution in [1.82, 2.24) is 25.0 Å². The molecule has 0 aromatic carbocycles. The van der Waals surface area contributed by atoms with Crippen molar-refractivity contribution in [2.45, 2.75) is 51.6 Å². The first-order valence-corrected chi connectivity index (χ1v) is 9.12. The Bertz CT molecular complexity index is 483. The zero-order valence-electron chi connectivity index (χ0n) is 14.5. The van der Waals surface area contributed by atoms with Crippen LogP contribution in [0.5, 0.6) is 0 Å². The smallest absolute Gasteiger partial charge is 0.155 e. The second kappa shape index (κ2) is 7.73. The van der Waals surface area contributed by atoms with Gasteiger partial charge in [-0.1, -0.05) is 6.92 Å². The van der Waals surface area contributed by atoms with Gasteiger partial charge in [0.1, 0.15) is 5.82 Å². The van der Waals surface area contributed by atoms with Crippen molar-refractivity contribution in [2.24, 2.45) is 5.92 Å². The van der Waals surface area contributed by atoms with E-state index >= 15 is 0 Å². The summed E-state index contributed by atoms with van der Waals surface area (Å²) in [5, 5.41) is 17.7. The Morgan fingerprint density at radius 2 is 1.91 bits per heavy atom. The van der Waals surface area contributed by atoms with Crippen molar-refractivity contribution in [3.63, 3.8) is 0 Å². The summed E-state index contributed by atoms with van der Waals surface area (Å²) in [5.74, 6) is 3.07. The van der Waals surface area contributed by atoms with Crippen molar-refractivity contribution in [3.05, 3.63) is 11.6 Å². The molecular weight excluding hydrogens is 290 g/mol. The van der Waals surface area contributed by atoms with Gasteiger partial charge in [-0.05, 0) is 58.2 Å². The first-order valence-electron chi connectivity index (χ1n) is 9.12. The fourth-order valence-electron chi connectivity index (χ4n) is 3.87. The molecule has 130 valence electrons. The van der Waals surface area contributed by atoms with Gasteiger partial charge in [-0.3, -0.25) is 10.00 Å². The van der Waals surface area contributed by atoms with E-state index in [9.17, 15) is 5.11 Å². The fraction of sp³-hybridized carbons (Fsp3) is 0.882. The van der Waals surface area contributed by atoms with E-state index in [1.54, 1.807) is 0 Å². The third kappa shape index (κ3) is 4.75. The van der Waals surface area contributed by atoms with Gasteiger partial charge >= 0.3 is 0 Å². The molecule has 0 aliphatic carbocycles. The number of likely N-dealkylation sites (tertiary alicyclic amines) is 2. The van der Waals surface area contributed by atoms with E-state index < -0.39 is 0 Å². The maximum Gasteiger partial charge on any atom is 0.155 e. The molecule has 0 saturated carbocycles. The van der Waals surface area contributed by atoms with Crippen LogP contribution in [0.3, 0.4) is 0 Å². The Morgan fingerprint density at radius 3 is 2.61 bits per heavy atom. The van der Waals surface area contributed by atoms with E-state index in [2.05, 4.69) is 31.9 Å². The molecule has 0 spiro atoms. The Labute approximate surface area is 139 Å². The van der Waals surface area contributed by atoms with Crippen LogP contribution in [-0.4, -0.2) is 75.5 Å². The SMILES string of the molecule is Cc1nc(C2CCCN(CC(O)CN3CCC(C)CC3)C2)n[nH]1. The highest BCUT2D eigenvalue weighted by Gasteiger charge is 2.26. The molecule has 23 heavy (non-hydrogen) atoms. The summed E-state index contributed by atoms with van der Waals surface area (Å²) in [5.41, 5.74) is 0. The number of aromatic amines is 1. The molecule has 6 heteroatoms. The minimum atomic E-state index is -0.254. The van der Waals surface area contributed by atoms with E-state index in [1.165, 1.54) is 12.8 Å². The number of rotatable bonds is 5. The molecular formula is C17H31N5O. The number of piperidine rings is 2.